The van der Waals surface area contributed by atoms with Gasteiger partial charge in [0.15, 0.2) is 17.5 Å². The van der Waals surface area contributed by atoms with E-state index in [0.717, 1.165) is 60.9 Å². The number of hydrogen-bond acceptors (Lipinski definition) is 4. The molecule has 0 aliphatic heterocycles. The van der Waals surface area contributed by atoms with E-state index < -0.39 is 0 Å². The summed E-state index contributed by atoms with van der Waals surface area (Å²) in [5, 5.41) is 2.24. The topological polar surface area (TPSA) is 51.8 Å². The number of fused-ring (bicyclic) bond motifs is 13. The fraction of sp³-hybridized carbons (Fsp3) is 0.0172. The molecule has 0 amide bonds. The number of benzene rings is 9. The Kier molecular flexibility index (Phi) is 7.49. The summed E-state index contributed by atoms with van der Waals surface area (Å²) in [6, 6.07) is 75.6. The predicted octanol–water partition coefficient (Wildman–Crippen LogP) is 14.4. The molecule has 4 nitrogen and oxygen atoms in total. The van der Waals surface area contributed by atoms with E-state index in [1.165, 1.54) is 44.5 Å². The molecule has 13 rings (SSSR count). The molecule has 2 aliphatic carbocycles. The van der Waals surface area contributed by atoms with Crippen LogP contribution in [0.15, 0.2) is 217 Å². The minimum absolute atomic E-state index is 0.388. The van der Waals surface area contributed by atoms with Gasteiger partial charge in [-0.25, -0.2) is 15.0 Å². The van der Waals surface area contributed by atoms with Crippen molar-refractivity contribution in [1.29, 1.82) is 0 Å². The Morgan fingerprint density at radius 3 is 1.44 bits per heavy atom. The third-order valence-electron chi connectivity index (χ3n) is 13.0. The van der Waals surface area contributed by atoms with Crippen LogP contribution in [0.3, 0.4) is 0 Å². The molecular formula is C58H35N3O. The fourth-order valence-electron chi connectivity index (χ4n) is 10.3. The van der Waals surface area contributed by atoms with Crippen LogP contribution in [0.5, 0.6) is 0 Å². The average molecular weight is 790 g/mol. The molecule has 9 aromatic carbocycles. The predicted molar refractivity (Wildman–Crippen MR) is 251 cm³/mol. The lowest BCUT2D eigenvalue weighted by molar-refractivity contribution is 0.669. The summed E-state index contributed by atoms with van der Waals surface area (Å²) in [4.78, 5) is 15.5. The zero-order valence-electron chi connectivity index (χ0n) is 33.5. The Hall–Kier alpha value is -8.21. The molecular weight excluding hydrogens is 755 g/mol. The molecule has 0 N–H and O–H groups in total. The standard InChI is InChI=1S/C58H35N3O/c1-2-14-37(15-3-1)55-59-56(38-28-26-36(27-29-38)39-30-32-46-45-20-9-13-25-53(45)62-54(46)35-39)61-57(60-55)47-21-5-4-16-41(47)40-31-33-52-48(34-40)44-19-8-12-24-51(44)58(52)49-22-10-6-17-42(49)43-18-7-11-23-50(43)58/h1-35H. The Labute approximate surface area is 358 Å². The van der Waals surface area contributed by atoms with E-state index in [1.807, 2.05) is 36.4 Å². The fourth-order valence-corrected chi connectivity index (χ4v) is 10.3. The third-order valence-corrected chi connectivity index (χ3v) is 13.0. The molecule has 2 aromatic heterocycles. The van der Waals surface area contributed by atoms with Crippen molar-refractivity contribution in [2.75, 3.05) is 0 Å². The van der Waals surface area contributed by atoms with Crippen molar-refractivity contribution >= 4 is 21.9 Å². The molecule has 0 saturated heterocycles. The summed E-state index contributed by atoms with van der Waals surface area (Å²) in [7, 11) is 0. The van der Waals surface area contributed by atoms with Crippen LogP contribution >= 0.6 is 0 Å². The Bertz CT molecular complexity index is 3540. The van der Waals surface area contributed by atoms with Gasteiger partial charge in [-0.05, 0) is 91.0 Å². The lowest BCUT2D eigenvalue weighted by atomic mass is 9.70. The van der Waals surface area contributed by atoms with Crippen LogP contribution < -0.4 is 0 Å². The lowest BCUT2D eigenvalue weighted by Crippen LogP contribution is -2.25. The zero-order chi connectivity index (χ0) is 40.8. The van der Waals surface area contributed by atoms with Gasteiger partial charge in [0.1, 0.15) is 11.2 Å². The Morgan fingerprint density at radius 1 is 0.274 bits per heavy atom. The Morgan fingerprint density at radius 2 is 0.742 bits per heavy atom. The third kappa shape index (κ3) is 5.04. The van der Waals surface area contributed by atoms with Crippen molar-refractivity contribution in [3.8, 4) is 78.7 Å². The van der Waals surface area contributed by atoms with Crippen molar-refractivity contribution in [3.05, 3.63) is 235 Å². The molecule has 0 saturated carbocycles. The summed E-state index contributed by atoms with van der Waals surface area (Å²) in [5.41, 5.74) is 19.0. The molecule has 0 radical (unpaired) electrons. The van der Waals surface area contributed by atoms with Gasteiger partial charge in [0.05, 0.1) is 5.41 Å². The van der Waals surface area contributed by atoms with E-state index in [0.29, 0.717) is 17.5 Å². The van der Waals surface area contributed by atoms with Gasteiger partial charge in [-0.1, -0.05) is 188 Å². The summed E-state index contributed by atoms with van der Waals surface area (Å²) in [6.07, 6.45) is 0. The van der Waals surface area contributed by atoms with Crippen molar-refractivity contribution in [1.82, 2.24) is 15.0 Å². The number of rotatable bonds is 5. The maximum absolute atomic E-state index is 6.22. The maximum atomic E-state index is 6.22. The average Bonchev–Trinajstić information content (AvgIpc) is 3.98. The van der Waals surface area contributed by atoms with Crippen LogP contribution in [0.1, 0.15) is 22.3 Å². The van der Waals surface area contributed by atoms with E-state index in [9.17, 15) is 0 Å². The van der Waals surface area contributed by atoms with Crippen LogP contribution in [-0.2, 0) is 5.41 Å². The highest BCUT2D eigenvalue weighted by Crippen LogP contribution is 2.63. The summed E-state index contributed by atoms with van der Waals surface area (Å²) in [6.45, 7) is 0. The maximum Gasteiger partial charge on any atom is 0.164 e. The van der Waals surface area contributed by atoms with Crippen LogP contribution in [0.25, 0.3) is 101 Å². The quantitative estimate of drug-likeness (QED) is 0.174. The molecule has 4 heteroatoms. The van der Waals surface area contributed by atoms with Gasteiger partial charge < -0.3 is 4.42 Å². The number of furan rings is 1. The molecule has 11 aromatic rings. The molecule has 1 spiro atoms. The molecule has 62 heavy (non-hydrogen) atoms. The number of para-hydroxylation sites is 1. The Balaban J connectivity index is 0.933. The second-order valence-electron chi connectivity index (χ2n) is 16.3. The highest BCUT2D eigenvalue weighted by atomic mass is 16.3. The van der Waals surface area contributed by atoms with E-state index in [4.69, 9.17) is 19.4 Å². The normalized spacial score (nSPS) is 13.0. The van der Waals surface area contributed by atoms with Gasteiger partial charge in [-0.15, -0.1) is 0 Å². The number of aromatic nitrogens is 3. The summed E-state index contributed by atoms with van der Waals surface area (Å²) in [5.74, 6) is 1.87. The van der Waals surface area contributed by atoms with Crippen molar-refractivity contribution in [2.45, 2.75) is 5.41 Å². The van der Waals surface area contributed by atoms with Gasteiger partial charge in [0.2, 0.25) is 0 Å². The SMILES string of the molecule is c1ccc(-c2nc(-c3ccc(-c4ccc5c(c4)oc4ccccc45)cc3)nc(-c3ccccc3-c3ccc4c(c3)-c3ccccc3C43c4ccccc4-c4ccccc43)n2)cc1. The minimum Gasteiger partial charge on any atom is -0.456 e. The summed E-state index contributed by atoms with van der Waals surface area (Å²) < 4.78 is 6.22. The first kappa shape index (κ1) is 34.6. The minimum atomic E-state index is -0.388. The molecule has 0 atom stereocenters. The first-order valence-electron chi connectivity index (χ1n) is 21.1. The molecule has 0 bridgehead atoms. The van der Waals surface area contributed by atoms with Crippen molar-refractivity contribution in [2.24, 2.45) is 0 Å². The smallest absolute Gasteiger partial charge is 0.164 e. The van der Waals surface area contributed by atoms with Gasteiger partial charge in [0.25, 0.3) is 0 Å². The highest BCUT2D eigenvalue weighted by molar-refractivity contribution is 6.06. The first-order chi connectivity index (χ1) is 30.7. The van der Waals surface area contributed by atoms with Crippen LogP contribution in [-0.4, -0.2) is 15.0 Å². The molecule has 0 unspecified atom stereocenters. The zero-order valence-corrected chi connectivity index (χ0v) is 33.5. The molecule has 288 valence electrons. The molecule has 0 fully saturated rings. The van der Waals surface area contributed by atoms with Crippen molar-refractivity contribution < 1.29 is 4.42 Å². The van der Waals surface area contributed by atoms with Gasteiger partial charge in [-0.3, -0.25) is 0 Å². The van der Waals surface area contributed by atoms with Crippen LogP contribution in [0, 0.1) is 0 Å². The van der Waals surface area contributed by atoms with Crippen LogP contribution in [0.4, 0.5) is 0 Å². The van der Waals surface area contributed by atoms with E-state index >= 15 is 0 Å². The second kappa shape index (κ2) is 13.4. The second-order valence-corrected chi connectivity index (χ2v) is 16.3. The number of hydrogen-bond donors (Lipinski definition) is 0. The van der Waals surface area contributed by atoms with E-state index in [2.05, 4.69) is 176 Å². The van der Waals surface area contributed by atoms with E-state index in [-0.39, 0.29) is 5.41 Å². The van der Waals surface area contributed by atoms with Crippen molar-refractivity contribution in [3.63, 3.8) is 0 Å². The number of nitrogens with zero attached hydrogens (tertiary/aromatic N) is 3. The van der Waals surface area contributed by atoms with Gasteiger partial charge in [0, 0.05) is 27.5 Å². The van der Waals surface area contributed by atoms with E-state index in [1.54, 1.807) is 0 Å². The van der Waals surface area contributed by atoms with Gasteiger partial charge >= 0.3 is 0 Å². The van der Waals surface area contributed by atoms with Crippen LogP contribution in [0.2, 0.25) is 0 Å². The highest BCUT2D eigenvalue weighted by Gasteiger charge is 2.51. The summed E-state index contributed by atoms with van der Waals surface area (Å²) >= 11 is 0. The van der Waals surface area contributed by atoms with Gasteiger partial charge in [-0.2, -0.15) is 0 Å². The monoisotopic (exact) mass is 789 g/mol. The largest absolute Gasteiger partial charge is 0.456 e. The lowest BCUT2D eigenvalue weighted by Gasteiger charge is -2.30. The first-order valence-corrected chi connectivity index (χ1v) is 21.1. The molecule has 2 aliphatic rings. The molecule has 2 heterocycles.